The largest absolute Gasteiger partial charge is 0.309 e. The molecule has 1 atom stereocenters. The van der Waals surface area contributed by atoms with Gasteiger partial charge in [-0.15, -0.1) is 11.3 Å². The van der Waals surface area contributed by atoms with Gasteiger partial charge in [0, 0.05) is 10.9 Å². The van der Waals surface area contributed by atoms with Gasteiger partial charge in [0.2, 0.25) is 0 Å². The lowest BCUT2D eigenvalue weighted by molar-refractivity contribution is 0.419. The van der Waals surface area contributed by atoms with Crippen LogP contribution in [0.25, 0.3) is 0 Å². The summed E-state index contributed by atoms with van der Waals surface area (Å²) >= 11 is 3.89. The standard InChI is InChI=1S/C13H23NS2/c1-4-15-9-6-8-14-13(11(2)3)12-7-5-10-16-12/h5,7,10-11,13-14H,4,6,8-9H2,1-3H3. The SMILES string of the molecule is CCSCCCNC(c1cccs1)C(C)C. The summed E-state index contributed by atoms with van der Waals surface area (Å²) in [5, 5.41) is 5.84. The molecule has 1 aromatic rings. The maximum atomic E-state index is 3.68. The molecule has 0 spiro atoms. The molecule has 0 radical (unpaired) electrons. The Bertz CT molecular complexity index is 257. The Labute approximate surface area is 108 Å². The summed E-state index contributed by atoms with van der Waals surface area (Å²) in [7, 11) is 0. The molecule has 92 valence electrons. The Morgan fingerprint density at radius 1 is 1.44 bits per heavy atom. The van der Waals surface area contributed by atoms with Crippen molar-refractivity contribution in [3.8, 4) is 0 Å². The minimum absolute atomic E-state index is 0.534. The van der Waals surface area contributed by atoms with Gasteiger partial charge in [-0.3, -0.25) is 0 Å². The van der Waals surface area contributed by atoms with E-state index in [1.54, 1.807) is 0 Å². The van der Waals surface area contributed by atoms with Crippen molar-refractivity contribution in [1.29, 1.82) is 0 Å². The molecule has 1 nitrogen and oxygen atoms in total. The number of hydrogen-bond donors (Lipinski definition) is 1. The molecule has 3 heteroatoms. The second-order valence-corrected chi connectivity index (χ2v) is 6.61. The van der Waals surface area contributed by atoms with Crippen molar-refractivity contribution in [2.24, 2.45) is 5.92 Å². The fraction of sp³-hybridized carbons (Fsp3) is 0.692. The summed E-state index contributed by atoms with van der Waals surface area (Å²) in [5.74, 6) is 3.18. The van der Waals surface area contributed by atoms with Gasteiger partial charge in [-0.25, -0.2) is 0 Å². The summed E-state index contributed by atoms with van der Waals surface area (Å²) in [5.41, 5.74) is 0. The maximum absolute atomic E-state index is 3.68. The summed E-state index contributed by atoms with van der Waals surface area (Å²) in [6.45, 7) is 7.94. The Morgan fingerprint density at radius 2 is 2.25 bits per heavy atom. The van der Waals surface area contributed by atoms with Gasteiger partial charge in [-0.05, 0) is 41.8 Å². The lowest BCUT2D eigenvalue weighted by atomic mass is 10.0. The third-order valence-corrected chi connectivity index (χ3v) is 4.49. The molecule has 1 N–H and O–H groups in total. The Kier molecular flexibility index (Phi) is 7.17. The third kappa shape index (κ3) is 4.89. The number of nitrogens with one attached hydrogen (secondary N) is 1. The average molecular weight is 257 g/mol. The second-order valence-electron chi connectivity index (χ2n) is 4.24. The monoisotopic (exact) mass is 257 g/mol. The van der Waals surface area contributed by atoms with Gasteiger partial charge in [0.05, 0.1) is 0 Å². The van der Waals surface area contributed by atoms with Gasteiger partial charge in [-0.1, -0.05) is 26.8 Å². The highest BCUT2D eigenvalue weighted by atomic mass is 32.2. The van der Waals surface area contributed by atoms with Crippen molar-refractivity contribution in [2.45, 2.75) is 33.2 Å². The van der Waals surface area contributed by atoms with Gasteiger partial charge in [-0.2, -0.15) is 11.8 Å². The lowest BCUT2D eigenvalue weighted by Gasteiger charge is -2.21. The quantitative estimate of drug-likeness (QED) is 0.701. The molecule has 0 bridgehead atoms. The Morgan fingerprint density at radius 3 is 2.81 bits per heavy atom. The fourth-order valence-electron chi connectivity index (χ4n) is 1.71. The zero-order chi connectivity index (χ0) is 11.8. The van der Waals surface area contributed by atoms with E-state index in [2.05, 4.69) is 43.6 Å². The van der Waals surface area contributed by atoms with E-state index in [4.69, 9.17) is 0 Å². The van der Waals surface area contributed by atoms with Crippen molar-refractivity contribution < 1.29 is 0 Å². The van der Waals surface area contributed by atoms with Crippen LogP contribution in [0.5, 0.6) is 0 Å². The van der Waals surface area contributed by atoms with Crippen LogP contribution >= 0.6 is 23.1 Å². The van der Waals surface area contributed by atoms with Gasteiger partial charge in [0.25, 0.3) is 0 Å². The molecule has 16 heavy (non-hydrogen) atoms. The van der Waals surface area contributed by atoms with E-state index < -0.39 is 0 Å². The van der Waals surface area contributed by atoms with Gasteiger partial charge < -0.3 is 5.32 Å². The van der Waals surface area contributed by atoms with Crippen molar-refractivity contribution in [1.82, 2.24) is 5.32 Å². The molecule has 1 aromatic heterocycles. The predicted molar refractivity (Wildman–Crippen MR) is 77.5 cm³/mol. The minimum atomic E-state index is 0.534. The molecule has 0 aliphatic carbocycles. The summed E-state index contributed by atoms with van der Waals surface area (Å²) in [4.78, 5) is 1.47. The van der Waals surface area contributed by atoms with Crippen LogP contribution in [0.15, 0.2) is 17.5 Å². The summed E-state index contributed by atoms with van der Waals surface area (Å²) in [6.07, 6.45) is 1.27. The summed E-state index contributed by atoms with van der Waals surface area (Å²) < 4.78 is 0. The normalized spacial score (nSPS) is 13.2. The molecule has 0 amide bonds. The first-order valence-electron chi connectivity index (χ1n) is 6.10. The average Bonchev–Trinajstić information content (AvgIpc) is 2.76. The molecule has 0 saturated carbocycles. The minimum Gasteiger partial charge on any atom is -0.309 e. The molecular formula is C13H23NS2. The first kappa shape index (κ1) is 14.1. The van der Waals surface area contributed by atoms with Gasteiger partial charge in [0.15, 0.2) is 0 Å². The predicted octanol–water partition coefficient (Wildman–Crippen LogP) is 4.18. The zero-order valence-electron chi connectivity index (χ0n) is 10.5. The van der Waals surface area contributed by atoms with Crippen molar-refractivity contribution in [3.63, 3.8) is 0 Å². The molecular weight excluding hydrogens is 234 g/mol. The number of thioether (sulfide) groups is 1. The Balaban J connectivity index is 2.30. The highest BCUT2D eigenvalue weighted by molar-refractivity contribution is 7.99. The van der Waals surface area contributed by atoms with E-state index in [1.165, 1.54) is 22.8 Å². The number of hydrogen-bond acceptors (Lipinski definition) is 3. The smallest absolute Gasteiger partial charge is 0.0438 e. The molecule has 1 unspecified atom stereocenters. The van der Waals surface area contributed by atoms with Crippen molar-refractivity contribution in [3.05, 3.63) is 22.4 Å². The fourth-order valence-corrected chi connectivity index (χ4v) is 3.32. The van der Waals surface area contributed by atoms with E-state index in [0.717, 1.165) is 6.54 Å². The van der Waals surface area contributed by atoms with E-state index in [0.29, 0.717) is 12.0 Å². The number of thiophene rings is 1. The van der Waals surface area contributed by atoms with Crippen LogP contribution in [0.4, 0.5) is 0 Å². The van der Waals surface area contributed by atoms with E-state index in [1.807, 2.05) is 23.1 Å². The summed E-state index contributed by atoms with van der Waals surface area (Å²) in [6, 6.07) is 4.92. The van der Waals surface area contributed by atoms with Crippen LogP contribution in [0.3, 0.4) is 0 Å². The highest BCUT2D eigenvalue weighted by Crippen LogP contribution is 2.25. The van der Waals surface area contributed by atoms with E-state index in [-0.39, 0.29) is 0 Å². The second kappa shape index (κ2) is 8.15. The molecule has 1 heterocycles. The topological polar surface area (TPSA) is 12.0 Å². The van der Waals surface area contributed by atoms with Crippen LogP contribution in [0.2, 0.25) is 0 Å². The van der Waals surface area contributed by atoms with Crippen molar-refractivity contribution >= 4 is 23.1 Å². The van der Waals surface area contributed by atoms with E-state index in [9.17, 15) is 0 Å². The van der Waals surface area contributed by atoms with Gasteiger partial charge >= 0.3 is 0 Å². The van der Waals surface area contributed by atoms with Gasteiger partial charge in [0.1, 0.15) is 0 Å². The molecule has 0 aromatic carbocycles. The third-order valence-electron chi connectivity index (χ3n) is 2.55. The Hall–Kier alpha value is 0.01000. The lowest BCUT2D eigenvalue weighted by Crippen LogP contribution is -2.26. The molecule has 0 fully saturated rings. The molecule has 0 saturated heterocycles. The van der Waals surface area contributed by atoms with Crippen LogP contribution in [-0.2, 0) is 0 Å². The van der Waals surface area contributed by atoms with Crippen LogP contribution in [0.1, 0.15) is 38.1 Å². The first-order chi connectivity index (χ1) is 7.75. The molecule has 0 aliphatic rings. The highest BCUT2D eigenvalue weighted by Gasteiger charge is 2.15. The van der Waals surface area contributed by atoms with Crippen molar-refractivity contribution in [2.75, 3.05) is 18.1 Å². The first-order valence-corrected chi connectivity index (χ1v) is 8.13. The maximum Gasteiger partial charge on any atom is 0.0438 e. The van der Waals surface area contributed by atoms with Crippen LogP contribution in [0, 0.1) is 5.92 Å². The van der Waals surface area contributed by atoms with E-state index >= 15 is 0 Å². The molecule has 0 aliphatic heterocycles. The van der Waals surface area contributed by atoms with Crippen LogP contribution in [-0.4, -0.2) is 18.1 Å². The molecule has 1 rings (SSSR count). The van der Waals surface area contributed by atoms with Crippen LogP contribution < -0.4 is 5.32 Å². The zero-order valence-corrected chi connectivity index (χ0v) is 12.2. The number of rotatable bonds is 8.